The topological polar surface area (TPSA) is 54.0 Å². The second kappa shape index (κ2) is 6.43. The second-order valence-corrected chi connectivity index (χ2v) is 6.31. The van der Waals surface area contributed by atoms with Gasteiger partial charge in [-0.1, -0.05) is 30.3 Å². The van der Waals surface area contributed by atoms with Crippen LogP contribution in [-0.2, 0) is 30.3 Å². The van der Waals surface area contributed by atoms with Crippen LogP contribution in [0.5, 0.6) is 0 Å². The number of fused-ring (bicyclic) bond motifs is 1. The van der Waals surface area contributed by atoms with E-state index in [1.165, 1.54) is 6.92 Å². The Balaban J connectivity index is 1.64. The lowest BCUT2D eigenvalue weighted by atomic mass is 10.1. The molecule has 1 heterocycles. The van der Waals surface area contributed by atoms with Crippen molar-refractivity contribution in [3.05, 3.63) is 47.5 Å². The lowest BCUT2D eigenvalue weighted by molar-refractivity contribution is -0.166. The molecule has 1 saturated heterocycles. The average molecular weight is 318 g/mol. The normalized spacial score (nSPS) is 28.3. The molecule has 0 aromatic heterocycles. The van der Waals surface area contributed by atoms with Gasteiger partial charge in [-0.3, -0.25) is 4.79 Å². The van der Waals surface area contributed by atoms with Crippen molar-refractivity contribution in [1.82, 2.24) is 0 Å². The maximum atomic E-state index is 11.3. The van der Waals surface area contributed by atoms with Crippen LogP contribution in [0.25, 0.3) is 0 Å². The molecular weight excluding hydrogens is 296 g/mol. The van der Waals surface area contributed by atoms with Crippen LogP contribution in [0, 0.1) is 0 Å². The monoisotopic (exact) mass is 318 g/mol. The van der Waals surface area contributed by atoms with Crippen molar-refractivity contribution >= 4 is 5.97 Å². The van der Waals surface area contributed by atoms with Gasteiger partial charge in [0.2, 0.25) is 0 Å². The van der Waals surface area contributed by atoms with Crippen LogP contribution in [0.4, 0.5) is 0 Å². The molecule has 3 atom stereocenters. The fourth-order valence-electron chi connectivity index (χ4n) is 3.00. The second-order valence-electron chi connectivity index (χ2n) is 6.31. The molecule has 1 fully saturated rings. The minimum atomic E-state index is -0.688. The van der Waals surface area contributed by atoms with Gasteiger partial charge in [0.05, 0.1) is 13.2 Å². The van der Waals surface area contributed by atoms with E-state index in [-0.39, 0.29) is 18.2 Å². The summed E-state index contributed by atoms with van der Waals surface area (Å²) in [7, 11) is 0. The fraction of sp³-hybridized carbons (Fsp3) is 0.500. The lowest BCUT2D eigenvalue weighted by Crippen LogP contribution is -2.32. The Morgan fingerprint density at radius 3 is 2.61 bits per heavy atom. The highest BCUT2D eigenvalue weighted by molar-refractivity contribution is 5.66. The Bertz CT molecular complexity index is 593. The highest BCUT2D eigenvalue weighted by Gasteiger charge is 2.51. The van der Waals surface area contributed by atoms with E-state index in [9.17, 15) is 4.79 Å². The first kappa shape index (κ1) is 16.2. The zero-order valence-electron chi connectivity index (χ0n) is 13.7. The Morgan fingerprint density at radius 2 is 1.91 bits per heavy atom. The molecule has 0 spiro atoms. The third kappa shape index (κ3) is 3.80. The summed E-state index contributed by atoms with van der Waals surface area (Å²) < 4.78 is 22.9. The predicted octanol–water partition coefficient (Wildman–Crippen LogP) is 2.60. The average Bonchev–Trinajstić information content (AvgIpc) is 2.95. The van der Waals surface area contributed by atoms with Crippen LogP contribution in [0.3, 0.4) is 0 Å². The molecule has 0 N–H and O–H groups in total. The van der Waals surface area contributed by atoms with Crippen LogP contribution in [0.15, 0.2) is 42.0 Å². The van der Waals surface area contributed by atoms with Gasteiger partial charge in [-0.05, 0) is 31.1 Å². The molecule has 1 aromatic rings. The zero-order chi connectivity index (χ0) is 16.4. The number of esters is 1. The smallest absolute Gasteiger partial charge is 0.303 e. The largest absolute Gasteiger partial charge is 0.455 e. The van der Waals surface area contributed by atoms with Crippen molar-refractivity contribution in [2.75, 3.05) is 6.61 Å². The summed E-state index contributed by atoms with van der Waals surface area (Å²) in [6.07, 6.45) is 0.931. The van der Waals surface area contributed by atoms with Gasteiger partial charge in [-0.2, -0.15) is 0 Å². The Kier molecular flexibility index (Phi) is 4.53. The SMILES string of the molecule is CC(=O)O[C@H]1C=C(COCc2ccccc2)[C@H]2OC(C)(C)O[C@@H]12. The molecule has 0 radical (unpaired) electrons. The minimum absolute atomic E-state index is 0.231. The van der Waals surface area contributed by atoms with E-state index in [0.717, 1.165) is 11.1 Å². The highest BCUT2D eigenvalue weighted by atomic mass is 16.8. The molecule has 1 aromatic carbocycles. The van der Waals surface area contributed by atoms with Crippen molar-refractivity contribution < 1.29 is 23.7 Å². The summed E-state index contributed by atoms with van der Waals surface area (Å²) in [5.74, 6) is -1.02. The van der Waals surface area contributed by atoms with Crippen molar-refractivity contribution in [3.63, 3.8) is 0 Å². The minimum Gasteiger partial charge on any atom is -0.455 e. The molecule has 0 unspecified atom stereocenters. The molecule has 5 nitrogen and oxygen atoms in total. The number of hydrogen-bond acceptors (Lipinski definition) is 5. The summed E-state index contributed by atoms with van der Waals surface area (Å²) in [6, 6.07) is 9.98. The highest BCUT2D eigenvalue weighted by Crippen LogP contribution is 2.39. The number of ether oxygens (including phenoxy) is 4. The molecule has 2 aliphatic rings. The van der Waals surface area contributed by atoms with Gasteiger partial charge in [0.15, 0.2) is 5.79 Å². The van der Waals surface area contributed by atoms with Crippen LogP contribution in [-0.4, -0.2) is 36.7 Å². The third-order valence-electron chi connectivity index (χ3n) is 3.88. The van der Waals surface area contributed by atoms with E-state index in [4.69, 9.17) is 18.9 Å². The van der Waals surface area contributed by atoms with Crippen molar-refractivity contribution in [1.29, 1.82) is 0 Å². The molecule has 5 heteroatoms. The van der Waals surface area contributed by atoms with Crippen molar-refractivity contribution in [3.8, 4) is 0 Å². The quantitative estimate of drug-likeness (QED) is 0.617. The van der Waals surface area contributed by atoms with Gasteiger partial charge in [-0.25, -0.2) is 0 Å². The molecule has 124 valence electrons. The van der Waals surface area contributed by atoms with Crippen LogP contribution in [0.1, 0.15) is 26.3 Å². The van der Waals surface area contributed by atoms with Gasteiger partial charge in [0.1, 0.15) is 18.3 Å². The molecule has 0 amide bonds. The summed E-state index contributed by atoms with van der Waals surface area (Å²) in [4.78, 5) is 11.3. The third-order valence-corrected chi connectivity index (χ3v) is 3.88. The molecule has 23 heavy (non-hydrogen) atoms. The number of benzene rings is 1. The van der Waals surface area contributed by atoms with E-state index >= 15 is 0 Å². The van der Waals surface area contributed by atoms with Gasteiger partial charge >= 0.3 is 5.97 Å². The first-order valence-corrected chi connectivity index (χ1v) is 7.80. The van der Waals surface area contributed by atoms with E-state index in [2.05, 4.69) is 0 Å². The van der Waals surface area contributed by atoms with E-state index in [1.54, 1.807) is 0 Å². The molecule has 0 bridgehead atoms. The Morgan fingerprint density at radius 1 is 1.17 bits per heavy atom. The summed E-state index contributed by atoms with van der Waals surface area (Å²) in [6.45, 7) is 6.07. The molecule has 1 aliphatic heterocycles. The van der Waals surface area contributed by atoms with Crippen molar-refractivity contribution in [2.24, 2.45) is 0 Å². The maximum absolute atomic E-state index is 11.3. The Hall–Kier alpha value is -1.69. The van der Waals surface area contributed by atoms with E-state index in [1.807, 2.05) is 50.3 Å². The van der Waals surface area contributed by atoms with Gasteiger partial charge in [0.25, 0.3) is 0 Å². The van der Waals surface area contributed by atoms with Crippen LogP contribution >= 0.6 is 0 Å². The molecule has 0 saturated carbocycles. The van der Waals surface area contributed by atoms with Gasteiger partial charge in [-0.15, -0.1) is 0 Å². The number of hydrogen-bond donors (Lipinski definition) is 0. The number of rotatable bonds is 5. The maximum Gasteiger partial charge on any atom is 0.303 e. The lowest BCUT2D eigenvalue weighted by Gasteiger charge is -2.20. The molecule has 1 aliphatic carbocycles. The van der Waals surface area contributed by atoms with E-state index < -0.39 is 11.9 Å². The van der Waals surface area contributed by atoms with Gasteiger partial charge < -0.3 is 18.9 Å². The zero-order valence-corrected chi connectivity index (χ0v) is 13.7. The van der Waals surface area contributed by atoms with Crippen LogP contribution < -0.4 is 0 Å². The molecular formula is C18H22O5. The number of carbonyl (C=O) groups is 1. The fourth-order valence-corrected chi connectivity index (χ4v) is 3.00. The summed E-state index contributed by atoms with van der Waals surface area (Å²) >= 11 is 0. The predicted molar refractivity (Wildman–Crippen MR) is 83.6 cm³/mol. The van der Waals surface area contributed by atoms with E-state index in [0.29, 0.717) is 13.2 Å². The molecule has 3 rings (SSSR count). The van der Waals surface area contributed by atoms with Gasteiger partial charge in [0, 0.05) is 6.92 Å². The summed E-state index contributed by atoms with van der Waals surface area (Å²) in [5.41, 5.74) is 2.07. The number of carbonyl (C=O) groups excluding carboxylic acids is 1. The Labute approximate surface area is 136 Å². The van der Waals surface area contributed by atoms with Crippen molar-refractivity contribution in [2.45, 2.75) is 51.5 Å². The van der Waals surface area contributed by atoms with Crippen LogP contribution in [0.2, 0.25) is 0 Å². The standard InChI is InChI=1S/C18H22O5/c1-12(19)21-15-9-14(16-17(15)23-18(2,3)22-16)11-20-10-13-7-5-4-6-8-13/h4-9,15-17H,10-11H2,1-3H3/t15-,16+,17-/m0/s1. The summed E-state index contributed by atoms with van der Waals surface area (Å²) in [5, 5.41) is 0. The first-order valence-electron chi connectivity index (χ1n) is 7.80. The first-order chi connectivity index (χ1) is 10.9.